The molecule has 1 unspecified atom stereocenters. The zero-order chi connectivity index (χ0) is 17.8. The van der Waals surface area contributed by atoms with Crippen LogP contribution in [0.2, 0.25) is 0 Å². The van der Waals surface area contributed by atoms with E-state index >= 15 is 0 Å². The van der Waals surface area contributed by atoms with E-state index in [1.165, 1.54) is 17.0 Å². The highest BCUT2D eigenvalue weighted by Crippen LogP contribution is 2.33. The van der Waals surface area contributed by atoms with E-state index in [2.05, 4.69) is 6.58 Å². The number of non-ortho nitro benzene ring substituents is 1. The van der Waals surface area contributed by atoms with Crippen molar-refractivity contribution < 1.29 is 14.5 Å². The normalized spacial score (nSPS) is 15.4. The molecule has 1 aliphatic heterocycles. The Morgan fingerprint density at radius 1 is 1.28 bits per heavy atom. The number of nitrogens with zero attached hydrogens (tertiary/aromatic N) is 2. The molecule has 0 fully saturated rings. The van der Waals surface area contributed by atoms with Crippen LogP contribution in [0.1, 0.15) is 12.0 Å². The number of nitro benzene ring substituents is 1. The first-order valence-corrected chi connectivity index (χ1v) is 7.74. The number of carbonyl (C=O) groups is 1. The molecular weight excluding hydrogens is 320 g/mol. The van der Waals surface area contributed by atoms with Crippen LogP contribution in [0.25, 0.3) is 6.08 Å². The average Bonchev–Trinajstić information content (AvgIpc) is 2.62. The number of amides is 1. The van der Waals surface area contributed by atoms with Crippen LogP contribution in [-0.2, 0) is 0 Å². The van der Waals surface area contributed by atoms with Crippen LogP contribution in [0.5, 0.6) is 5.75 Å². The molecule has 6 heteroatoms. The first-order chi connectivity index (χ1) is 12.1. The third-order valence-corrected chi connectivity index (χ3v) is 3.86. The van der Waals surface area contributed by atoms with E-state index in [1.54, 1.807) is 42.5 Å². The predicted molar refractivity (Wildman–Crippen MR) is 95.7 cm³/mol. The highest BCUT2D eigenvalue weighted by molar-refractivity contribution is 5.95. The monoisotopic (exact) mass is 336 g/mol. The van der Waals surface area contributed by atoms with Crippen molar-refractivity contribution in [3.8, 4) is 5.75 Å². The average molecular weight is 336 g/mol. The van der Waals surface area contributed by atoms with Gasteiger partial charge in [-0.3, -0.25) is 15.0 Å². The molecule has 25 heavy (non-hydrogen) atoms. The molecule has 0 bridgehead atoms. The summed E-state index contributed by atoms with van der Waals surface area (Å²) in [7, 11) is 0. The predicted octanol–water partition coefficient (Wildman–Crippen LogP) is 4.57. The molecule has 0 aromatic heterocycles. The first-order valence-electron chi connectivity index (χ1n) is 7.74. The molecule has 2 aromatic rings. The molecule has 0 aliphatic carbocycles. The smallest absolute Gasteiger partial charge is 0.410 e. The zero-order valence-electron chi connectivity index (χ0n) is 13.4. The topological polar surface area (TPSA) is 72.7 Å². The molecule has 0 saturated heterocycles. The fourth-order valence-corrected chi connectivity index (χ4v) is 2.71. The van der Waals surface area contributed by atoms with Crippen LogP contribution in [0.15, 0.2) is 67.3 Å². The molecule has 2 aromatic carbocycles. The molecule has 1 heterocycles. The van der Waals surface area contributed by atoms with Crippen molar-refractivity contribution in [2.45, 2.75) is 12.5 Å². The number of nitro groups is 1. The van der Waals surface area contributed by atoms with E-state index in [1.807, 2.05) is 12.1 Å². The molecule has 1 atom stereocenters. The quantitative estimate of drug-likeness (QED) is 0.466. The summed E-state index contributed by atoms with van der Waals surface area (Å²) in [5.74, 6) is 0.433. The molecule has 1 aliphatic rings. The second-order valence-corrected chi connectivity index (χ2v) is 5.50. The fraction of sp³-hybridized carbons (Fsp3) is 0.105. The summed E-state index contributed by atoms with van der Waals surface area (Å²) < 4.78 is 5.45. The molecule has 0 saturated carbocycles. The third kappa shape index (κ3) is 3.42. The van der Waals surface area contributed by atoms with Gasteiger partial charge in [0.05, 0.1) is 16.7 Å². The Labute approximate surface area is 144 Å². The largest absolute Gasteiger partial charge is 0.420 e. The lowest BCUT2D eigenvalue weighted by molar-refractivity contribution is -0.384. The summed E-state index contributed by atoms with van der Waals surface area (Å²) in [5, 5.41) is 11.0. The molecule has 0 N–H and O–H groups in total. The van der Waals surface area contributed by atoms with Crippen molar-refractivity contribution in [1.82, 2.24) is 0 Å². The SMILES string of the molecule is C=CCC1C=Cc2cc([N+](=O)[O-])ccc2N1C(=O)Oc1ccccc1. The Hall–Kier alpha value is -3.41. The van der Waals surface area contributed by atoms with Crippen molar-refractivity contribution >= 4 is 23.5 Å². The number of carbonyl (C=O) groups excluding carboxylic acids is 1. The van der Waals surface area contributed by atoms with Gasteiger partial charge in [0.25, 0.3) is 5.69 Å². The van der Waals surface area contributed by atoms with Crippen molar-refractivity contribution in [2.75, 3.05) is 4.90 Å². The fourth-order valence-electron chi connectivity index (χ4n) is 2.71. The van der Waals surface area contributed by atoms with Gasteiger partial charge < -0.3 is 4.74 Å². The summed E-state index contributed by atoms with van der Waals surface area (Å²) in [6.07, 6.45) is 5.31. The van der Waals surface area contributed by atoms with Gasteiger partial charge in [-0.1, -0.05) is 36.4 Å². The summed E-state index contributed by atoms with van der Waals surface area (Å²) >= 11 is 0. The highest BCUT2D eigenvalue weighted by Gasteiger charge is 2.30. The van der Waals surface area contributed by atoms with E-state index < -0.39 is 11.0 Å². The number of rotatable bonds is 4. The van der Waals surface area contributed by atoms with E-state index in [0.29, 0.717) is 23.4 Å². The van der Waals surface area contributed by atoms with Crippen LogP contribution in [0.3, 0.4) is 0 Å². The Morgan fingerprint density at radius 3 is 2.72 bits per heavy atom. The molecule has 3 rings (SSSR count). The number of hydrogen-bond donors (Lipinski definition) is 0. The van der Waals surface area contributed by atoms with Crippen molar-refractivity contribution in [3.05, 3.63) is 82.9 Å². The molecular formula is C19H16N2O4. The van der Waals surface area contributed by atoms with E-state index in [9.17, 15) is 14.9 Å². The van der Waals surface area contributed by atoms with Crippen LogP contribution >= 0.6 is 0 Å². The maximum Gasteiger partial charge on any atom is 0.420 e. The van der Waals surface area contributed by atoms with E-state index in [0.717, 1.165) is 0 Å². The zero-order valence-corrected chi connectivity index (χ0v) is 13.4. The highest BCUT2D eigenvalue weighted by atomic mass is 16.6. The van der Waals surface area contributed by atoms with Gasteiger partial charge in [0.2, 0.25) is 0 Å². The minimum Gasteiger partial charge on any atom is -0.410 e. The van der Waals surface area contributed by atoms with Gasteiger partial charge in [-0.25, -0.2) is 4.79 Å². The molecule has 0 radical (unpaired) electrons. The summed E-state index contributed by atoms with van der Waals surface area (Å²) in [5.41, 5.74) is 1.14. The lowest BCUT2D eigenvalue weighted by Crippen LogP contribution is -2.42. The second kappa shape index (κ2) is 7.00. The number of anilines is 1. The summed E-state index contributed by atoms with van der Waals surface area (Å²) in [6.45, 7) is 3.72. The Kier molecular flexibility index (Phi) is 4.61. The van der Waals surface area contributed by atoms with Gasteiger partial charge in [0.1, 0.15) is 5.75 Å². The molecule has 126 valence electrons. The number of benzene rings is 2. The Bertz CT molecular complexity index is 846. The number of ether oxygens (including phenoxy) is 1. The van der Waals surface area contributed by atoms with Crippen LogP contribution < -0.4 is 9.64 Å². The minimum atomic E-state index is -0.544. The minimum absolute atomic E-state index is 0.0260. The number of fused-ring (bicyclic) bond motifs is 1. The number of para-hydroxylation sites is 1. The van der Waals surface area contributed by atoms with Gasteiger partial charge in [0.15, 0.2) is 0 Å². The van der Waals surface area contributed by atoms with Crippen LogP contribution in [0.4, 0.5) is 16.2 Å². The maximum atomic E-state index is 12.7. The van der Waals surface area contributed by atoms with Crippen molar-refractivity contribution in [1.29, 1.82) is 0 Å². The molecule has 1 amide bonds. The molecule has 0 spiro atoms. The first kappa shape index (κ1) is 16.4. The third-order valence-electron chi connectivity index (χ3n) is 3.86. The van der Waals surface area contributed by atoms with E-state index in [-0.39, 0.29) is 11.7 Å². The Balaban J connectivity index is 1.96. The lowest BCUT2D eigenvalue weighted by Gasteiger charge is -2.32. The lowest BCUT2D eigenvalue weighted by atomic mass is 10.0. The number of hydrogen-bond acceptors (Lipinski definition) is 4. The standard InChI is InChI=1S/C19H16N2O4/c1-2-6-15-10-9-14-13-16(21(23)24)11-12-18(14)20(15)19(22)25-17-7-4-3-5-8-17/h2-5,7-13,15H,1,6H2. The van der Waals surface area contributed by atoms with Gasteiger partial charge in [-0.05, 0) is 24.6 Å². The van der Waals surface area contributed by atoms with Gasteiger partial charge in [0, 0.05) is 17.7 Å². The summed E-state index contributed by atoms with van der Waals surface area (Å²) in [4.78, 5) is 24.7. The van der Waals surface area contributed by atoms with Crippen LogP contribution in [0, 0.1) is 10.1 Å². The van der Waals surface area contributed by atoms with Crippen molar-refractivity contribution in [3.63, 3.8) is 0 Å². The van der Waals surface area contributed by atoms with Gasteiger partial charge in [-0.2, -0.15) is 0 Å². The van der Waals surface area contributed by atoms with E-state index in [4.69, 9.17) is 4.74 Å². The van der Waals surface area contributed by atoms with Gasteiger partial charge >= 0.3 is 6.09 Å². The Morgan fingerprint density at radius 2 is 2.04 bits per heavy atom. The second-order valence-electron chi connectivity index (χ2n) is 5.50. The molecule has 6 nitrogen and oxygen atoms in total. The van der Waals surface area contributed by atoms with Crippen molar-refractivity contribution in [2.24, 2.45) is 0 Å². The van der Waals surface area contributed by atoms with Crippen LogP contribution in [-0.4, -0.2) is 17.1 Å². The van der Waals surface area contributed by atoms with Gasteiger partial charge in [-0.15, -0.1) is 6.58 Å². The maximum absolute atomic E-state index is 12.7. The summed E-state index contributed by atoms with van der Waals surface area (Å²) in [6, 6.07) is 12.9.